The lowest BCUT2D eigenvalue weighted by molar-refractivity contribution is -0.137. The zero-order chi connectivity index (χ0) is 26.1. The summed E-state index contributed by atoms with van der Waals surface area (Å²) in [6, 6.07) is 6.77. The minimum Gasteiger partial charge on any atom is -0.434 e. The van der Waals surface area contributed by atoms with E-state index in [1.54, 1.807) is 6.92 Å². The van der Waals surface area contributed by atoms with Crippen LogP contribution in [0.15, 0.2) is 60.1 Å². The molecule has 0 aliphatic rings. The zero-order valence-electron chi connectivity index (χ0n) is 17.8. The van der Waals surface area contributed by atoms with E-state index in [-0.39, 0.29) is 28.5 Å². The fourth-order valence-electron chi connectivity index (χ4n) is 2.82. The topological polar surface area (TPSA) is 111 Å². The van der Waals surface area contributed by atoms with Gasteiger partial charge in [0, 0.05) is 11.8 Å². The molecule has 3 aromatic rings. The smallest absolute Gasteiger partial charge is 0.417 e. The van der Waals surface area contributed by atoms with Gasteiger partial charge in [0.25, 0.3) is 10.0 Å². The van der Waals surface area contributed by atoms with Crippen LogP contribution in [0.25, 0.3) is 5.57 Å². The molecule has 35 heavy (non-hydrogen) atoms. The molecule has 3 rings (SSSR count). The van der Waals surface area contributed by atoms with Crippen LogP contribution in [-0.4, -0.2) is 19.3 Å². The summed E-state index contributed by atoms with van der Waals surface area (Å²) in [4.78, 5) is 14.5. The summed E-state index contributed by atoms with van der Waals surface area (Å²) in [6.07, 6.45) is -3.58. The number of amides is 1. The van der Waals surface area contributed by atoms with E-state index >= 15 is 0 Å². The molecule has 3 N–H and O–H groups in total. The van der Waals surface area contributed by atoms with Gasteiger partial charge in [-0.3, -0.25) is 9.52 Å². The van der Waals surface area contributed by atoms with E-state index in [0.29, 0.717) is 11.6 Å². The predicted octanol–water partition coefficient (Wildman–Crippen LogP) is 5.29. The normalized spacial score (nSPS) is 11.7. The van der Waals surface area contributed by atoms with Crippen molar-refractivity contribution in [2.75, 3.05) is 4.72 Å². The number of alkyl halides is 3. The highest BCUT2D eigenvalue weighted by molar-refractivity contribution is 7.92. The highest BCUT2D eigenvalue weighted by Crippen LogP contribution is 2.37. The third-order valence-electron chi connectivity index (χ3n) is 4.57. The van der Waals surface area contributed by atoms with Gasteiger partial charge >= 0.3 is 6.18 Å². The second-order valence-corrected chi connectivity index (χ2v) is 9.29. The minimum absolute atomic E-state index is 0.100. The lowest BCUT2D eigenvalue weighted by Gasteiger charge is -2.15. The number of sulfonamides is 1. The van der Waals surface area contributed by atoms with Crippen LogP contribution in [0, 0.1) is 12.7 Å². The first-order valence-corrected chi connectivity index (χ1v) is 11.4. The summed E-state index contributed by atoms with van der Waals surface area (Å²) in [5.41, 5.74) is 3.96. The van der Waals surface area contributed by atoms with Gasteiger partial charge in [0.15, 0.2) is 11.6 Å². The molecule has 7 nitrogen and oxygen atoms in total. The summed E-state index contributed by atoms with van der Waals surface area (Å²) in [5.74, 6) is -2.56. The van der Waals surface area contributed by atoms with Crippen LogP contribution in [0.2, 0.25) is 5.02 Å². The Morgan fingerprint density at radius 2 is 1.86 bits per heavy atom. The molecule has 0 radical (unpaired) electrons. The maximum Gasteiger partial charge on any atom is 0.417 e. The Labute approximate surface area is 202 Å². The second-order valence-electron chi connectivity index (χ2n) is 7.20. The molecule has 0 unspecified atom stereocenters. The average Bonchev–Trinajstić information content (AvgIpc) is 2.75. The van der Waals surface area contributed by atoms with Crippen LogP contribution in [0.3, 0.4) is 0 Å². The fraction of sp³-hybridized carbons (Fsp3) is 0.0909. The second kappa shape index (κ2) is 9.55. The number of nitrogens with two attached hydrogens (primary N) is 1. The summed E-state index contributed by atoms with van der Waals surface area (Å²) >= 11 is 5.56. The van der Waals surface area contributed by atoms with Crippen LogP contribution >= 0.6 is 11.6 Å². The Morgan fingerprint density at radius 3 is 2.46 bits per heavy atom. The van der Waals surface area contributed by atoms with E-state index in [1.807, 2.05) is 0 Å². The molecule has 0 fully saturated rings. The number of carbonyl (C=O) groups excluding carboxylic acids is 1. The molecule has 0 bridgehead atoms. The van der Waals surface area contributed by atoms with Crippen molar-refractivity contribution in [3.8, 4) is 11.6 Å². The number of halogens is 5. The third kappa shape index (κ3) is 5.89. The summed E-state index contributed by atoms with van der Waals surface area (Å²) < 4.78 is 87.2. The molecule has 1 aromatic heterocycles. The number of ether oxygens (including phenoxy) is 1. The Bertz CT molecular complexity index is 1440. The van der Waals surface area contributed by atoms with Crippen LogP contribution < -0.4 is 15.2 Å². The molecule has 0 saturated heterocycles. The number of hydrogen-bond acceptors (Lipinski definition) is 5. The maximum atomic E-state index is 14.6. The largest absolute Gasteiger partial charge is 0.434 e. The van der Waals surface area contributed by atoms with E-state index < -0.39 is 43.4 Å². The Kier molecular flexibility index (Phi) is 7.08. The van der Waals surface area contributed by atoms with Crippen molar-refractivity contribution >= 4 is 38.8 Å². The molecule has 0 saturated carbocycles. The molecule has 0 spiro atoms. The number of carbonyl (C=O) groups is 1. The first kappa shape index (κ1) is 26.0. The number of aromatic nitrogens is 1. The Balaban J connectivity index is 1.97. The van der Waals surface area contributed by atoms with Crippen LogP contribution in [0.5, 0.6) is 11.6 Å². The SMILES string of the molecule is C=C(C(N)=O)c1ccc(Oc2ncc(C)cc2NS(=O)(=O)c2ccc(Cl)c(C(F)(F)F)c2)c(F)c1. The molecule has 0 aliphatic heterocycles. The number of benzene rings is 2. The van der Waals surface area contributed by atoms with Crippen molar-refractivity contribution < 1.29 is 35.5 Å². The third-order valence-corrected chi connectivity index (χ3v) is 6.26. The van der Waals surface area contributed by atoms with Gasteiger partial charge < -0.3 is 10.5 Å². The first-order chi connectivity index (χ1) is 16.2. The summed E-state index contributed by atoms with van der Waals surface area (Å²) in [5, 5.41) is -0.671. The number of aryl methyl sites for hydroxylation is 1. The first-order valence-electron chi connectivity index (χ1n) is 9.51. The number of rotatable bonds is 7. The average molecular weight is 530 g/mol. The van der Waals surface area contributed by atoms with E-state index in [4.69, 9.17) is 22.1 Å². The number of nitrogens with zero attached hydrogens (tertiary/aromatic N) is 1. The predicted molar refractivity (Wildman–Crippen MR) is 121 cm³/mol. The monoisotopic (exact) mass is 529 g/mol. The number of nitrogens with one attached hydrogen (secondary N) is 1. The fourth-order valence-corrected chi connectivity index (χ4v) is 4.12. The molecule has 0 aliphatic carbocycles. The molecule has 1 heterocycles. The van der Waals surface area contributed by atoms with Gasteiger partial charge in [0.1, 0.15) is 5.69 Å². The Hall–Kier alpha value is -3.64. The summed E-state index contributed by atoms with van der Waals surface area (Å²) in [6.45, 7) is 5.02. The van der Waals surface area contributed by atoms with Gasteiger partial charge in [-0.25, -0.2) is 17.8 Å². The van der Waals surface area contributed by atoms with Gasteiger partial charge in [-0.05, 0) is 54.4 Å². The molecular formula is C22H16ClF4N3O4S. The number of anilines is 1. The lowest BCUT2D eigenvalue weighted by atomic mass is 10.1. The van der Waals surface area contributed by atoms with Gasteiger partial charge in [0.05, 0.1) is 15.5 Å². The van der Waals surface area contributed by atoms with Gasteiger partial charge in [-0.15, -0.1) is 0 Å². The van der Waals surface area contributed by atoms with E-state index in [2.05, 4.69) is 16.3 Å². The van der Waals surface area contributed by atoms with E-state index in [9.17, 15) is 30.8 Å². The lowest BCUT2D eigenvalue weighted by Crippen LogP contribution is -2.16. The molecular weight excluding hydrogens is 514 g/mol. The molecule has 2 aromatic carbocycles. The Morgan fingerprint density at radius 1 is 1.17 bits per heavy atom. The van der Waals surface area contributed by atoms with Crippen molar-refractivity contribution in [3.05, 3.63) is 82.8 Å². The molecule has 0 atom stereocenters. The van der Waals surface area contributed by atoms with E-state index in [1.165, 1.54) is 18.3 Å². The molecule has 13 heteroatoms. The van der Waals surface area contributed by atoms with Crippen molar-refractivity contribution in [2.24, 2.45) is 5.73 Å². The van der Waals surface area contributed by atoms with Crippen LogP contribution in [0.1, 0.15) is 16.7 Å². The highest BCUT2D eigenvalue weighted by atomic mass is 35.5. The highest BCUT2D eigenvalue weighted by Gasteiger charge is 2.34. The minimum atomic E-state index is -4.88. The van der Waals surface area contributed by atoms with Crippen LogP contribution in [-0.2, 0) is 21.0 Å². The maximum absolute atomic E-state index is 14.6. The summed E-state index contributed by atoms with van der Waals surface area (Å²) in [7, 11) is -4.57. The van der Waals surface area contributed by atoms with Gasteiger partial charge in [-0.2, -0.15) is 13.2 Å². The standard InChI is InChI=1S/C22H16ClF4N3O4S/c1-11-7-18(30-35(32,33)14-4-5-16(23)15(9-14)22(25,26)27)21(29-10-11)34-19-6-3-13(8-17(19)24)12(2)20(28)31/h3-10,30H,2H2,1H3,(H2,28,31). The quantitative estimate of drug-likeness (QED) is 0.319. The number of primary amides is 1. The van der Waals surface area contributed by atoms with Crippen LogP contribution in [0.4, 0.5) is 23.2 Å². The number of hydrogen-bond donors (Lipinski definition) is 2. The van der Waals surface area contributed by atoms with E-state index in [0.717, 1.165) is 24.3 Å². The molecule has 1 amide bonds. The van der Waals surface area contributed by atoms with Crippen molar-refractivity contribution in [1.82, 2.24) is 4.98 Å². The number of pyridine rings is 1. The van der Waals surface area contributed by atoms with Gasteiger partial charge in [0.2, 0.25) is 11.8 Å². The van der Waals surface area contributed by atoms with Gasteiger partial charge in [-0.1, -0.05) is 24.2 Å². The van der Waals surface area contributed by atoms with Crippen molar-refractivity contribution in [1.29, 1.82) is 0 Å². The zero-order valence-corrected chi connectivity index (χ0v) is 19.4. The van der Waals surface area contributed by atoms with Crippen molar-refractivity contribution in [3.63, 3.8) is 0 Å². The molecule has 184 valence electrons. The van der Waals surface area contributed by atoms with Crippen molar-refractivity contribution in [2.45, 2.75) is 18.0 Å².